The minimum absolute atomic E-state index is 0.0121. The van der Waals surface area contributed by atoms with Crippen molar-refractivity contribution < 1.29 is 44.7 Å². The van der Waals surface area contributed by atoms with Crippen LogP contribution in [0.2, 0.25) is 0 Å². The Hall–Kier alpha value is -8.01. The highest BCUT2D eigenvalue weighted by molar-refractivity contribution is 8.13. The molecule has 4 aromatic heterocycles. The molecule has 4 aromatic carbocycles. The molecule has 364 valence electrons. The summed E-state index contributed by atoms with van der Waals surface area (Å²) in [4.78, 5) is 40.7. The Labute approximate surface area is 412 Å². The number of ether oxygens (including phenoxy) is 2. The zero-order valence-corrected chi connectivity index (χ0v) is 39.6. The lowest BCUT2D eigenvalue weighted by Crippen LogP contribution is -2.35. The molecule has 4 heterocycles. The van der Waals surface area contributed by atoms with Crippen LogP contribution in [0.4, 0.5) is 8.78 Å². The molecule has 16 nitrogen and oxygen atoms in total. The van der Waals surface area contributed by atoms with Crippen molar-refractivity contribution in [3.63, 3.8) is 0 Å². The molecule has 71 heavy (non-hydrogen) atoms. The summed E-state index contributed by atoms with van der Waals surface area (Å²) in [6.07, 6.45) is 5.40. The van der Waals surface area contributed by atoms with Gasteiger partial charge < -0.3 is 25.8 Å². The normalized spacial score (nSPS) is 10.9. The second kappa shape index (κ2) is 25.6. The number of sulfonamides is 1. The molecule has 0 aliphatic heterocycles. The van der Waals surface area contributed by atoms with Crippen molar-refractivity contribution in [2.24, 2.45) is 5.73 Å². The van der Waals surface area contributed by atoms with Crippen LogP contribution >= 0.6 is 10.7 Å². The fraction of sp³-hybridized carbons (Fsp3) is 0.0800. The molecule has 0 atom stereocenters. The zero-order valence-electron chi connectivity index (χ0n) is 37.2. The number of pyridine rings is 4. The maximum Gasteiger partial charge on any atom is 0.269 e. The summed E-state index contributed by atoms with van der Waals surface area (Å²) in [6, 6.07) is 42.1. The molecule has 8 aromatic rings. The summed E-state index contributed by atoms with van der Waals surface area (Å²) in [5.41, 5.74) is 8.81. The first kappa shape index (κ1) is 52.4. The lowest BCUT2D eigenvalue weighted by molar-refractivity contribution is 0.0941. The summed E-state index contributed by atoms with van der Waals surface area (Å²) in [5.74, 6) is 0.926. The van der Waals surface area contributed by atoms with Crippen LogP contribution < -0.4 is 30.6 Å². The highest BCUT2D eigenvalue weighted by atomic mass is 35.7. The van der Waals surface area contributed by atoms with Gasteiger partial charge in [0.25, 0.3) is 20.9 Å². The van der Waals surface area contributed by atoms with Gasteiger partial charge in [0.2, 0.25) is 10.0 Å². The van der Waals surface area contributed by atoms with E-state index in [0.29, 0.717) is 53.2 Å². The monoisotopic (exact) mass is 1020 g/mol. The zero-order chi connectivity index (χ0) is 50.6. The first-order valence-electron chi connectivity index (χ1n) is 21.2. The van der Waals surface area contributed by atoms with E-state index in [1.165, 1.54) is 85.5 Å². The van der Waals surface area contributed by atoms with Gasteiger partial charge in [-0.05, 0) is 146 Å². The predicted molar refractivity (Wildman–Crippen MR) is 263 cm³/mol. The fourth-order valence-corrected chi connectivity index (χ4v) is 7.61. The van der Waals surface area contributed by atoms with E-state index in [1.807, 2.05) is 18.2 Å². The van der Waals surface area contributed by atoms with Gasteiger partial charge in [0.05, 0.1) is 11.4 Å². The largest absolute Gasteiger partial charge is 0.457 e. The second-order valence-corrected chi connectivity index (χ2v) is 18.8. The van der Waals surface area contributed by atoms with Crippen LogP contribution in [0.3, 0.4) is 0 Å². The predicted octanol–water partition coefficient (Wildman–Crippen LogP) is 8.16. The molecule has 0 aliphatic rings. The van der Waals surface area contributed by atoms with Gasteiger partial charge in [-0.25, -0.2) is 40.3 Å². The topological polar surface area (TPSA) is 235 Å². The lowest BCUT2D eigenvalue weighted by Gasteiger charge is -2.09. The average molecular weight is 1020 g/mol. The number of nitrogens with one attached hydrogen (secondary N) is 3. The number of nitrogens with zero attached hydrogens (tertiary/aromatic N) is 4. The van der Waals surface area contributed by atoms with Gasteiger partial charge in [-0.1, -0.05) is 12.1 Å². The SMILES string of the molecule is NCCNC(=O)c1cccc(-c2ccc(Oc3ccc(F)cc3)cc2)n1.O=C(NCCNS(=O)(=O)c1cccnc1)c1cccc(-c2ccc(Oc3ccc(F)cc3)cc2)n1.O=S(=O)(Cl)c1cccnc1. The Morgan fingerprint density at radius 2 is 0.930 bits per heavy atom. The van der Waals surface area contributed by atoms with Crippen LogP contribution in [0.25, 0.3) is 22.5 Å². The van der Waals surface area contributed by atoms with Gasteiger partial charge in [0, 0.05) is 72.8 Å². The third-order valence-electron chi connectivity index (χ3n) is 9.36. The highest BCUT2D eigenvalue weighted by Gasteiger charge is 2.15. The summed E-state index contributed by atoms with van der Waals surface area (Å²) < 4.78 is 85.2. The molecular formula is C50H43ClF2N8O8S2. The smallest absolute Gasteiger partial charge is 0.269 e. The standard InChI is InChI=1S/C25H21FN4O4S.C20H18FN3O2.C5H4ClNO2S/c26-19-8-12-21(13-9-19)34-20-10-6-18(7-11-20)23-4-1-5-24(30-23)25(31)28-15-16-29-35(32,33)22-3-2-14-27-17-22;21-15-6-10-17(11-7-15)26-16-8-4-14(5-9-16)18-2-1-3-19(24-18)20(25)23-13-12-22;6-10(8,9)5-2-1-3-7-4-5/h1-14,17,29H,15-16H2,(H,28,31);1-11H,12-13,22H2,(H,23,25);1-4H. The number of carbonyl (C=O) groups is 2. The van der Waals surface area contributed by atoms with E-state index >= 15 is 0 Å². The van der Waals surface area contributed by atoms with Crippen LogP contribution in [0.1, 0.15) is 21.0 Å². The summed E-state index contributed by atoms with van der Waals surface area (Å²) in [5, 5.41) is 5.35. The van der Waals surface area contributed by atoms with Crippen LogP contribution in [-0.2, 0) is 19.1 Å². The third kappa shape index (κ3) is 16.6. The Bertz CT molecular complexity index is 3220. The molecule has 8 rings (SSSR count). The van der Waals surface area contributed by atoms with Gasteiger partial charge in [0.15, 0.2) is 0 Å². The maximum absolute atomic E-state index is 13.0. The number of nitrogens with two attached hydrogens (primary N) is 1. The Morgan fingerprint density at radius 3 is 1.31 bits per heavy atom. The average Bonchev–Trinajstić information content (AvgIpc) is 3.39. The summed E-state index contributed by atoms with van der Waals surface area (Å²) in [7, 11) is -2.30. The molecule has 21 heteroatoms. The Balaban J connectivity index is 0.000000200. The maximum atomic E-state index is 13.0. The van der Waals surface area contributed by atoms with E-state index in [9.17, 15) is 35.2 Å². The van der Waals surface area contributed by atoms with Crippen molar-refractivity contribution in [3.05, 3.63) is 206 Å². The third-order valence-corrected chi connectivity index (χ3v) is 12.1. The van der Waals surface area contributed by atoms with E-state index < -0.39 is 25.0 Å². The first-order valence-corrected chi connectivity index (χ1v) is 25.0. The number of aromatic nitrogens is 4. The van der Waals surface area contributed by atoms with Crippen molar-refractivity contribution in [2.75, 3.05) is 26.2 Å². The summed E-state index contributed by atoms with van der Waals surface area (Å²) in [6.45, 7) is 0.874. The Kier molecular flexibility index (Phi) is 18.8. The van der Waals surface area contributed by atoms with Gasteiger partial charge >= 0.3 is 0 Å². The fourth-order valence-electron chi connectivity index (χ4n) is 5.92. The number of carbonyl (C=O) groups excluding carboxylic acids is 2. The molecule has 0 saturated carbocycles. The van der Waals surface area contributed by atoms with E-state index in [-0.39, 0.29) is 46.1 Å². The Morgan fingerprint density at radius 1 is 0.521 bits per heavy atom. The van der Waals surface area contributed by atoms with Crippen LogP contribution in [0.15, 0.2) is 192 Å². The quantitative estimate of drug-likeness (QED) is 0.0529. The second-order valence-electron chi connectivity index (χ2n) is 14.5. The number of rotatable bonds is 16. The van der Waals surface area contributed by atoms with Gasteiger partial charge in [-0.2, -0.15) is 0 Å². The van der Waals surface area contributed by atoms with E-state index in [0.717, 1.165) is 11.1 Å². The molecule has 2 amide bonds. The van der Waals surface area contributed by atoms with Crippen molar-refractivity contribution in [3.8, 4) is 45.5 Å². The number of halogens is 3. The van der Waals surface area contributed by atoms with Crippen molar-refractivity contribution in [1.29, 1.82) is 0 Å². The molecule has 0 unspecified atom stereocenters. The summed E-state index contributed by atoms with van der Waals surface area (Å²) >= 11 is 0. The first-order chi connectivity index (χ1) is 34.2. The molecule has 0 fully saturated rings. The van der Waals surface area contributed by atoms with Crippen LogP contribution in [0, 0.1) is 11.6 Å². The van der Waals surface area contributed by atoms with Crippen molar-refractivity contribution in [2.45, 2.75) is 9.79 Å². The number of hydrogen-bond donors (Lipinski definition) is 4. The highest BCUT2D eigenvalue weighted by Crippen LogP contribution is 2.27. The molecule has 0 radical (unpaired) electrons. The minimum Gasteiger partial charge on any atom is -0.457 e. The van der Waals surface area contributed by atoms with Crippen LogP contribution in [-0.4, -0.2) is 74.8 Å². The lowest BCUT2D eigenvalue weighted by atomic mass is 10.1. The van der Waals surface area contributed by atoms with Gasteiger partial charge in [-0.3, -0.25) is 19.6 Å². The van der Waals surface area contributed by atoms with E-state index in [1.54, 1.807) is 78.9 Å². The van der Waals surface area contributed by atoms with Gasteiger partial charge in [-0.15, -0.1) is 0 Å². The van der Waals surface area contributed by atoms with Gasteiger partial charge in [0.1, 0.15) is 55.8 Å². The molecule has 5 N–H and O–H groups in total. The molecule has 0 bridgehead atoms. The van der Waals surface area contributed by atoms with E-state index in [2.05, 4.69) is 35.3 Å². The molecule has 0 spiro atoms. The van der Waals surface area contributed by atoms with Crippen molar-refractivity contribution in [1.82, 2.24) is 35.3 Å². The minimum atomic E-state index is -3.70. The molecule has 0 saturated heterocycles. The van der Waals surface area contributed by atoms with E-state index in [4.69, 9.17) is 25.9 Å². The number of hydrogen-bond acceptors (Lipinski definition) is 13. The van der Waals surface area contributed by atoms with Crippen molar-refractivity contribution >= 4 is 41.6 Å². The van der Waals surface area contributed by atoms with Crippen LogP contribution in [0.5, 0.6) is 23.0 Å². The molecular weight excluding hydrogens is 978 g/mol. The number of benzene rings is 4. The molecule has 0 aliphatic carbocycles. The number of amides is 2.